The largest absolute Gasteiger partial charge is 0.395 e. The number of rotatable bonds is 4. The Morgan fingerprint density at radius 2 is 2.29 bits per heavy atom. The fourth-order valence-electron chi connectivity index (χ4n) is 2.25. The molecule has 0 aliphatic heterocycles. The van der Waals surface area contributed by atoms with Gasteiger partial charge >= 0.3 is 0 Å². The van der Waals surface area contributed by atoms with Crippen LogP contribution in [0, 0.1) is 5.92 Å². The van der Waals surface area contributed by atoms with Crippen LogP contribution in [0.1, 0.15) is 26.2 Å². The highest BCUT2D eigenvalue weighted by atomic mass is 35.5. The SMILES string of the molecule is CC1CCCC1N(CCO)C(=O)CCl. The molecule has 1 amide bonds. The van der Waals surface area contributed by atoms with Crippen molar-refractivity contribution in [2.75, 3.05) is 19.0 Å². The van der Waals surface area contributed by atoms with Crippen LogP contribution in [0.25, 0.3) is 0 Å². The first-order chi connectivity index (χ1) is 6.70. The van der Waals surface area contributed by atoms with Crippen molar-refractivity contribution >= 4 is 17.5 Å². The molecule has 3 nitrogen and oxygen atoms in total. The molecular weight excluding hydrogens is 202 g/mol. The van der Waals surface area contributed by atoms with E-state index in [0.29, 0.717) is 12.5 Å². The quantitative estimate of drug-likeness (QED) is 0.723. The lowest BCUT2D eigenvalue weighted by Crippen LogP contribution is -2.44. The molecule has 0 aromatic heterocycles. The van der Waals surface area contributed by atoms with Gasteiger partial charge in [-0.25, -0.2) is 0 Å². The molecule has 0 spiro atoms. The van der Waals surface area contributed by atoms with Gasteiger partial charge in [-0.1, -0.05) is 13.3 Å². The number of amides is 1. The number of alkyl halides is 1. The molecule has 4 heteroatoms. The van der Waals surface area contributed by atoms with E-state index in [4.69, 9.17) is 16.7 Å². The van der Waals surface area contributed by atoms with Crippen LogP contribution in [0.15, 0.2) is 0 Å². The number of hydrogen-bond acceptors (Lipinski definition) is 2. The zero-order valence-electron chi connectivity index (χ0n) is 8.58. The van der Waals surface area contributed by atoms with Crippen LogP contribution < -0.4 is 0 Å². The maximum atomic E-state index is 11.5. The monoisotopic (exact) mass is 219 g/mol. The van der Waals surface area contributed by atoms with Crippen LogP contribution in [-0.4, -0.2) is 41.0 Å². The molecule has 2 unspecified atom stereocenters. The fourth-order valence-corrected chi connectivity index (χ4v) is 2.40. The average Bonchev–Trinajstić information content (AvgIpc) is 2.60. The maximum Gasteiger partial charge on any atom is 0.237 e. The van der Waals surface area contributed by atoms with Crippen LogP contribution in [0.4, 0.5) is 0 Å². The molecule has 82 valence electrons. The molecule has 0 saturated heterocycles. The van der Waals surface area contributed by atoms with Gasteiger partial charge < -0.3 is 10.0 Å². The van der Waals surface area contributed by atoms with Crippen LogP contribution in [0.3, 0.4) is 0 Å². The Labute approximate surface area is 90.0 Å². The van der Waals surface area contributed by atoms with E-state index < -0.39 is 0 Å². The van der Waals surface area contributed by atoms with Gasteiger partial charge in [0.15, 0.2) is 0 Å². The number of halogens is 1. The molecular formula is C10H18ClNO2. The maximum absolute atomic E-state index is 11.5. The van der Waals surface area contributed by atoms with E-state index in [-0.39, 0.29) is 24.4 Å². The lowest BCUT2D eigenvalue weighted by molar-refractivity contribution is -0.132. The number of carbonyl (C=O) groups is 1. The summed E-state index contributed by atoms with van der Waals surface area (Å²) in [6.07, 6.45) is 3.38. The Bertz CT molecular complexity index is 199. The first-order valence-corrected chi connectivity index (χ1v) is 5.70. The summed E-state index contributed by atoms with van der Waals surface area (Å²) in [6, 6.07) is 0.286. The van der Waals surface area contributed by atoms with Crippen molar-refractivity contribution in [1.82, 2.24) is 4.90 Å². The van der Waals surface area contributed by atoms with Crippen molar-refractivity contribution in [3.05, 3.63) is 0 Å². The topological polar surface area (TPSA) is 40.5 Å². The second-order valence-electron chi connectivity index (χ2n) is 3.92. The van der Waals surface area contributed by atoms with Gasteiger partial charge in [-0.3, -0.25) is 4.79 Å². The summed E-state index contributed by atoms with van der Waals surface area (Å²) in [4.78, 5) is 13.3. The summed E-state index contributed by atoms with van der Waals surface area (Å²) in [7, 11) is 0. The highest BCUT2D eigenvalue weighted by molar-refractivity contribution is 6.27. The number of hydrogen-bond donors (Lipinski definition) is 1. The minimum atomic E-state index is -0.0560. The second-order valence-corrected chi connectivity index (χ2v) is 4.19. The summed E-state index contributed by atoms with van der Waals surface area (Å²) in [5, 5.41) is 8.89. The Hall–Kier alpha value is -0.280. The van der Waals surface area contributed by atoms with Gasteiger partial charge in [0.1, 0.15) is 5.88 Å². The number of aliphatic hydroxyl groups excluding tert-OH is 1. The molecule has 0 aromatic rings. The number of carbonyl (C=O) groups excluding carboxylic acids is 1. The predicted molar refractivity (Wildman–Crippen MR) is 56.3 cm³/mol. The average molecular weight is 220 g/mol. The third kappa shape index (κ3) is 2.61. The van der Waals surface area contributed by atoms with E-state index in [1.807, 2.05) is 0 Å². The van der Waals surface area contributed by atoms with Crippen LogP contribution in [0.5, 0.6) is 0 Å². The molecule has 1 fully saturated rings. The van der Waals surface area contributed by atoms with Gasteiger partial charge in [0.2, 0.25) is 5.91 Å². The van der Waals surface area contributed by atoms with E-state index >= 15 is 0 Å². The summed E-state index contributed by atoms with van der Waals surface area (Å²) in [5.41, 5.74) is 0. The van der Waals surface area contributed by atoms with Crippen molar-refractivity contribution in [1.29, 1.82) is 0 Å². The molecule has 1 rings (SSSR count). The summed E-state index contributed by atoms with van der Waals surface area (Å²) < 4.78 is 0. The van der Waals surface area contributed by atoms with Gasteiger partial charge in [0.25, 0.3) is 0 Å². The first kappa shape index (κ1) is 11.8. The predicted octanol–water partition coefficient (Wildman–Crippen LogP) is 1.23. The van der Waals surface area contributed by atoms with E-state index in [2.05, 4.69) is 6.92 Å². The standard InChI is InChI=1S/C10H18ClNO2/c1-8-3-2-4-9(8)12(5-6-13)10(14)7-11/h8-9,13H,2-7H2,1H3. The van der Waals surface area contributed by atoms with Crippen LogP contribution in [-0.2, 0) is 4.79 Å². The van der Waals surface area contributed by atoms with E-state index in [0.717, 1.165) is 6.42 Å². The smallest absolute Gasteiger partial charge is 0.237 e. The number of nitrogens with zero attached hydrogens (tertiary/aromatic N) is 1. The van der Waals surface area contributed by atoms with Crippen molar-refractivity contribution in [3.63, 3.8) is 0 Å². The third-order valence-corrected chi connectivity index (χ3v) is 3.22. The minimum absolute atomic E-state index is 0.0171. The summed E-state index contributed by atoms with van der Waals surface area (Å²) in [5.74, 6) is 0.497. The molecule has 0 heterocycles. The molecule has 0 radical (unpaired) electrons. The molecule has 1 aliphatic rings. The lowest BCUT2D eigenvalue weighted by Gasteiger charge is -2.30. The van der Waals surface area contributed by atoms with Crippen molar-refractivity contribution in [3.8, 4) is 0 Å². The highest BCUT2D eigenvalue weighted by Crippen LogP contribution is 2.29. The summed E-state index contributed by atoms with van der Waals surface area (Å²) in [6.45, 7) is 2.59. The fraction of sp³-hybridized carbons (Fsp3) is 0.900. The van der Waals surface area contributed by atoms with Gasteiger partial charge in [0, 0.05) is 12.6 Å². The van der Waals surface area contributed by atoms with E-state index in [1.165, 1.54) is 12.8 Å². The van der Waals surface area contributed by atoms with Gasteiger partial charge in [-0.15, -0.1) is 11.6 Å². The zero-order chi connectivity index (χ0) is 10.6. The third-order valence-electron chi connectivity index (χ3n) is 2.99. The second kappa shape index (κ2) is 5.56. The Morgan fingerprint density at radius 1 is 1.57 bits per heavy atom. The van der Waals surface area contributed by atoms with E-state index in [9.17, 15) is 4.79 Å². The highest BCUT2D eigenvalue weighted by Gasteiger charge is 2.31. The zero-order valence-corrected chi connectivity index (χ0v) is 9.33. The van der Waals surface area contributed by atoms with Crippen molar-refractivity contribution in [2.24, 2.45) is 5.92 Å². The first-order valence-electron chi connectivity index (χ1n) is 5.17. The summed E-state index contributed by atoms with van der Waals surface area (Å²) >= 11 is 5.54. The molecule has 2 atom stereocenters. The Morgan fingerprint density at radius 3 is 2.71 bits per heavy atom. The van der Waals surface area contributed by atoms with Crippen molar-refractivity contribution in [2.45, 2.75) is 32.2 Å². The lowest BCUT2D eigenvalue weighted by atomic mass is 10.0. The van der Waals surface area contributed by atoms with E-state index in [1.54, 1.807) is 4.90 Å². The molecule has 1 saturated carbocycles. The molecule has 1 aliphatic carbocycles. The Balaban J connectivity index is 2.61. The van der Waals surface area contributed by atoms with Gasteiger partial charge in [0.05, 0.1) is 6.61 Å². The molecule has 14 heavy (non-hydrogen) atoms. The minimum Gasteiger partial charge on any atom is -0.395 e. The van der Waals surface area contributed by atoms with Gasteiger partial charge in [-0.2, -0.15) is 0 Å². The number of aliphatic hydroxyl groups is 1. The Kier molecular flexibility index (Phi) is 4.69. The molecule has 0 aromatic carbocycles. The van der Waals surface area contributed by atoms with Gasteiger partial charge in [-0.05, 0) is 18.8 Å². The van der Waals surface area contributed by atoms with Crippen LogP contribution >= 0.6 is 11.6 Å². The van der Waals surface area contributed by atoms with Crippen LogP contribution in [0.2, 0.25) is 0 Å². The molecule has 0 bridgehead atoms. The normalized spacial score (nSPS) is 26.5. The van der Waals surface area contributed by atoms with Crippen molar-refractivity contribution < 1.29 is 9.90 Å². The molecule has 1 N–H and O–H groups in total.